The van der Waals surface area contributed by atoms with Crippen LogP contribution >= 0.6 is 12.4 Å². The molecule has 1 fully saturated rings. The minimum Gasteiger partial charge on any atom is -0.377 e. The number of carbonyl (C=O) groups is 1. The maximum atomic E-state index is 11.7. The summed E-state index contributed by atoms with van der Waals surface area (Å²) >= 11 is 0. The zero-order chi connectivity index (χ0) is 13.0. The average molecular weight is 289 g/mol. The molecule has 1 saturated heterocycles. The molecular formula is C12H21ClN4O2. The number of nitrogens with one attached hydrogen (secondary N) is 2. The molecule has 0 bridgehead atoms. The van der Waals surface area contributed by atoms with E-state index < -0.39 is 0 Å². The van der Waals surface area contributed by atoms with Crippen molar-refractivity contribution < 1.29 is 9.53 Å². The van der Waals surface area contributed by atoms with Crippen LogP contribution in [0.2, 0.25) is 0 Å². The summed E-state index contributed by atoms with van der Waals surface area (Å²) in [5.74, 6) is 0.660. The lowest BCUT2D eigenvalue weighted by molar-refractivity contribution is -0.115. The van der Waals surface area contributed by atoms with Crippen molar-refractivity contribution >= 4 is 24.1 Å². The Morgan fingerprint density at radius 2 is 2.42 bits per heavy atom. The molecule has 0 spiro atoms. The number of aryl methyl sites for hydroxylation is 2. The standard InChI is InChI=1S/C12H20N4O2.ClH/c1-9-6-11(16(2)15-9)14-12(17)8-13-7-10-4-3-5-18-10;/h6,10,13H,3-5,7-8H2,1-2H3,(H,14,17);1H. The number of hydrogen-bond acceptors (Lipinski definition) is 4. The Morgan fingerprint density at radius 1 is 1.63 bits per heavy atom. The Labute approximate surface area is 119 Å². The zero-order valence-electron chi connectivity index (χ0n) is 11.3. The minimum absolute atomic E-state index is 0. The first-order valence-electron chi connectivity index (χ1n) is 6.28. The average Bonchev–Trinajstić information content (AvgIpc) is 2.90. The van der Waals surface area contributed by atoms with E-state index in [2.05, 4.69) is 15.7 Å². The lowest BCUT2D eigenvalue weighted by Crippen LogP contribution is -2.33. The maximum Gasteiger partial charge on any atom is 0.239 e. The highest BCUT2D eigenvalue weighted by Gasteiger charge is 2.15. The Morgan fingerprint density at radius 3 is 3.00 bits per heavy atom. The van der Waals surface area contributed by atoms with Gasteiger partial charge in [-0.25, -0.2) is 0 Å². The molecule has 1 amide bonds. The van der Waals surface area contributed by atoms with Gasteiger partial charge in [0.25, 0.3) is 0 Å². The molecule has 0 radical (unpaired) electrons. The van der Waals surface area contributed by atoms with Gasteiger partial charge in [-0.15, -0.1) is 12.4 Å². The number of anilines is 1. The van der Waals surface area contributed by atoms with Crippen LogP contribution in [0.25, 0.3) is 0 Å². The van der Waals surface area contributed by atoms with Gasteiger partial charge in [0, 0.05) is 26.3 Å². The van der Waals surface area contributed by atoms with Crippen LogP contribution in [0, 0.1) is 6.92 Å². The van der Waals surface area contributed by atoms with E-state index in [9.17, 15) is 4.79 Å². The van der Waals surface area contributed by atoms with Crippen molar-refractivity contribution in [1.82, 2.24) is 15.1 Å². The van der Waals surface area contributed by atoms with Gasteiger partial charge in [0.05, 0.1) is 18.3 Å². The first kappa shape index (κ1) is 15.9. The molecule has 2 heterocycles. The van der Waals surface area contributed by atoms with Gasteiger partial charge in [-0.3, -0.25) is 9.48 Å². The topological polar surface area (TPSA) is 68.2 Å². The van der Waals surface area contributed by atoms with Crippen LogP contribution in [0.1, 0.15) is 18.5 Å². The van der Waals surface area contributed by atoms with Crippen molar-refractivity contribution in [2.75, 3.05) is 25.0 Å². The molecule has 1 atom stereocenters. The van der Waals surface area contributed by atoms with E-state index in [0.717, 1.165) is 37.5 Å². The predicted molar refractivity (Wildman–Crippen MR) is 75.7 cm³/mol. The van der Waals surface area contributed by atoms with Crippen LogP contribution in [-0.2, 0) is 16.6 Å². The Balaban J connectivity index is 0.00000180. The van der Waals surface area contributed by atoms with Gasteiger partial charge in [0.2, 0.25) is 5.91 Å². The van der Waals surface area contributed by atoms with Crippen LogP contribution < -0.4 is 10.6 Å². The van der Waals surface area contributed by atoms with E-state index in [1.807, 2.05) is 20.0 Å². The van der Waals surface area contributed by atoms with Gasteiger partial charge in [-0.2, -0.15) is 5.10 Å². The molecule has 7 heteroatoms. The highest BCUT2D eigenvalue weighted by molar-refractivity contribution is 5.91. The van der Waals surface area contributed by atoms with Crippen molar-refractivity contribution in [2.45, 2.75) is 25.9 Å². The van der Waals surface area contributed by atoms with Crippen molar-refractivity contribution in [1.29, 1.82) is 0 Å². The fraction of sp³-hybridized carbons (Fsp3) is 0.667. The third kappa shape index (κ3) is 4.81. The third-order valence-electron chi connectivity index (χ3n) is 2.95. The number of rotatable bonds is 5. The normalized spacial score (nSPS) is 18.1. The maximum absolute atomic E-state index is 11.7. The van der Waals surface area contributed by atoms with E-state index in [0.29, 0.717) is 6.54 Å². The molecule has 0 saturated carbocycles. The summed E-state index contributed by atoms with van der Waals surface area (Å²) in [6.45, 7) is 3.76. The summed E-state index contributed by atoms with van der Waals surface area (Å²) in [6.07, 6.45) is 2.46. The second-order valence-corrected chi connectivity index (χ2v) is 4.61. The Kier molecular flexibility index (Phi) is 6.27. The van der Waals surface area contributed by atoms with Crippen molar-refractivity contribution in [3.05, 3.63) is 11.8 Å². The van der Waals surface area contributed by atoms with E-state index in [-0.39, 0.29) is 24.4 Å². The zero-order valence-corrected chi connectivity index (χ0v) is 12.1. The largest absolute Gasteiger partial charge is 0.377 e. The number of carbonyl (C=O) groups excluding carboxylic acids is 1. The number of ether oxygens (including phenoxy) is 1. The Hall–Kier alpha value is -1.11. The van der Waals surface area contributed by atoms with E-state index in [1.54, 1.807) is 4.68 Å². The monoisotopic (exact) mass is 288 g/mol. The van der Waals surface area contributed by atoms with Crippen molar-refractivity contribution in [3.63, 3.8) is 0 Å². The second kappa shape index (κ2) is 7.47. The van der Waals surface area contributed by atoms with E-state index >= 15 is 0 Å². The molecule has 0 aliphatic carbocycles. The molecule has 1 aromatic rings. The van der Waals surface area contributed by atoms with Gasteiger partial charge < -0.3 is 15.4 Å². The third-order valence-corrected chi connectivity index (χ3v) is 2.95. The van der Waals surface area contributed by atoms with Crippen molar-refractivity contribution in [2.24, 2.45) is 7.05 Å². The fourth-order valence-electron chi connectivity index (χ4n) is 2.07. The highest BCUT2D eigenvalue weighted by Crippen LogP contribution is 2.10. The first-order chi connectivity index (χ1) is 8.65. The van der Waals surface area contributed by atoms with E-state index in [4.69, 9.17) is 4.74 Å². The smallest absolute Gasteiger partial charge is 0.239 e. The number of hydrogen-bond donors (Lipinski definition) is 2. The summed E-state index contributed by atoms with van der Waals surface area (Å²) < 4.78 is 7.13. The van der Waals surface area contributed by atoms with E-state index in [1.165, 1.54) is 0 Å². The molecule has 2 N–H and O–H groups in total. The summed E-state index contributed by atoms with van der Waals surface area (Å²) in [5, 5.41) is 10.1. The van der Waals surface area contributed by atoms with Gasteiger partial charge in [-0.05, 0) is 19.8 Å². The SMILES string of the molecule is Cc1cc(NC(=O)CNCC2CCCO2)n(C)n1.Cl. The highest BCUT2D eigenvalue weighted by atomic mass is 35.5. The predicted octanol–water partition coefficient (Wildman–Crippen LogP) is 0.857. The van der Waals surface area contributed by atoms with Gasteiger partial charge in [0.1, 0.15) is 5.82 Å². The van der Waals surface area contributed by atoms with Gasteiger partial charge in [0.15, 0.2) is 0 Å². The minimum atomic E-state index is -0.0593. The number of aromatic nitrogens is 2. The van der Waals surface area contributed by atoms with Crippen LogP contribution in [0.3, 0.4) is 0 Å². The number of amides is 1. The number of halogens is 1. The molecular weight excluding hydrogens is 268 g/mol. The van der Waals surface area contributed by atoms with Gasteiger partial charge in [-0.1, -0.05) is 0 Å². The molecule has 6 nitrogen and oxygen atoms in total. The first-order valence-corrected chi connectivity index (χ1v) is 6.28. The van der Waals surface area contributed by atoms with Crippen LogP contribution in [0.5, 0.6) is 0 Å². The molecule has 0 aromatic carbocycles. The van der Waals surface area contributed by atoms with Crippen LogP contribution in [0.4, 0.5) is 5.82 Å². The molecule has 19 heavy (non-hydrogen) atoms. The van der Waals surface area contributed by atoms with Crippen LogP contribution in [-0.4, -0.2) is 41.5 Å². The fourth-order valence-corrected chi connectivity index (χ4v) is 2.07. The van der Waals surface area contributed by atoms with Gasteiger partial charge >= 0.3 is 0 Å². The summed E-state index contributed by atoms with van der Waals surface area (Å²) in [4.78, 5) is 11.7. The summed E-state index contributed by atoms with van der Waals surface area (Å²) in [6, 6.07) is 1.85. The quantitative estimate of drug-likeness (QED) is 0.843. The molecule has 1 aromatic heterocycles. The molecule has 1 aliphatic heterocycles. The molecule has 2 rings (SSSR count). The molecule has 1 unspecified atom stereocenters. The number of nitrogens with zero attached hydrogens (tertiary/aromatic N) is 2. The lowest BCUT2D eigenvalue weighted by Gasteiger charge is -2.10. The van der Waals surface area contributed by atoms with Crippen LogP contribution in [0.15, 0.2) is 6.07 Å². The summed E-state index contributed by atoms with van der Waals surface area (Å²) in [5.41, 5.74) is 0.889. The lowest BCUT2D eigenvalue weighted by atomic mass is 10.2. The Bertz CT molecular complexity index is 416. The van der Waals surface area contributed by atoms with Crippen molar-refractivity contribution in [3.8, 4) is 0 Å². The second-order valence-electron chi connectivity index (χ2n) is 4.61. The summed E-state index contributed by atoms with van der Waals surface area (Å²) in [7, 11) is 1.81. The molecule has 108 valence electrons. The molecule has 1 aliphatic rings.